The molecule has 3 aromatic rings. The molecule has 8 heteroatoms. The topological polar surface area (TPSA) is 47.8 Å². The van der Waals surface area contributed by atoms with Gasteiger partial charge in [-0.05, 0) is 56.7 Å². The third kappa shape index (κ3) is 2.89. The molecule has 0 spiro atoms. The van der Waals surface area contributed by atoms with E-state index >= 15 is 0 Å². The van der Waals surface area contributed by atoms with Crippen LogP contribution in [0.4, 0.5) is 4.39 Å². The summed E-state index contributed by atoms with van der Waals surface area (Å²) in [7, 11) is 0. The van der Waals surface area contributed by atoms with Crippen molar-refractivity contribution in [1.29, 1.82) is 0 Å². The lowest BCUT2D eigenvalue weighted by atomic mass is 10.1. The zero-order valence-electron chi connectivity index (χ0n) is 10.9. The zero-order chi connectivity index (χ0) is 15.9. The molecule has 0 atom stereocenters. The molecule has 3 rings (SSSR count). The Labute approximate surface area is 152 Å². The SMILES string of the molecule is O=C(Cn1cc(I)c2c(Cl)ncnc21)c1ccc(F)cc1Br. The fraction of sp³-hybridized carbons (Fsp3) is 0.0714. The second-order valence-corrected chi connectivity index (χ2v) is 6.89. The predicted molar refractivity (Wildman–Crippen MR) is 93.7 cm³/mol. The van der Waals surface area contributed by atoms with Gasteiger partial charge in [-0.1, -0.05) is 11.6 Å². The summed E-state index contributed by atoms with van der Waals surface area (Å²) < 4.78 is 16.1. The molecule has 0 saturated heterocycles. The van der Waals surface area contributed by atoms with Crippen molar-refractivity contribution < 1.29 is 9.18 Å². The van der Waals surface area contributed by atoms with Crippen molar-refractivity contribution >= 4 is 66.9 Å². The summed E-state index contributed by atoms with van der Waals surface area (Å²) in [5.41, 5.74) is 1.01. The van der Waals surface area contributed by atoms with Crippen LogP contribution in [-0.2, 0) is 6.54 Å². The van der Waals surface area contributed by atoms with E-state index in [0.717, 1.165) is 8.96 Å². The molecule has 0 unspecified atom stereocenters. The van der Waals surface area contributed by atoms with Crippen LogP contribution in [0.25, 0.3) is 11.0 Å². The van der Waals surface area contributed by atoms with Gasteiger partial charge < -0.3 is 4.57 Å². The Morgan fingerprint density at radius 3 is 2.91 bits per heavy atom. The van der Waals surface area contributed by atoms with Gasteiger partial charge in [0, 0.05) is 19.8 Å². The van der Waals surface area contributed by atoms with Crippen molar-refractivity contribution in [1.82, 2.24) is 14.5 Å². The van der Waals surface area contributed by atoms with Gasteiger partial charge in [-0.3, -0.25) is 4.79 Å². The fourth-order valence-corrected chi connectivity index (χ4v) is 3.91. The van der Waals surface area contributed by atoms with Crippen LogP contribution in [-0.4, -0.2) is 20.3 Å². The molecular weight excluding hydrogens is 487 g/mol. The van der Waals surface area contributed by atoms with Crippen LogP contribution in [0.1, 0.15) is 10.4 Å². The molecule has 0 radical (unpaired) electrons. The molecule has 0 N–H and O–H groups in total. The zero-order valence-corrected chi connectivity index (χ0v) is 15.4. The molecule has 0 aliphatic rings. The standard InChI is InChI=1S/C14H7BrClFIN3O/c15-9-3-7(17)1-2-8(9)11(22)5-21-4-10(18)12-13(16)19-6-20-14(12)21/h1-4,6H,5H2. The van der Waals surface area contributed by atoms with Gasteiger partial charge in [0.15, 0.2) is 5.78 Å². The first-order valence-corrected chi connectivity index (χ1v) is 8.35. The molecule has 22 heavy (non-hydrogen) atoms. The lowest BCUT2D eigenvalue weighted by Crippen LogP contribution is -2.11. The Kier molecular flexibility index (Phi) is 4.47. The molecule has 0 amide bonds. The van der Waals surface area contributed by atoms with Crippen LogP contribution < -0.4 is 0 Å². The Morgan fingerprint density at radius 1 is 1.41 bits per heavy atom. The second kappa shape index (κ2) is 6.21. The number of rotatable bonds is 3. The van der Waals surface area contributed by atoms with Gasteiger partial charge in [0.1, 0.15) is 22.9 Å². The van der Waals surface area contributed by atoms with Crippen molar-refractivity contribution in [2.75, 3.05) is 0 Å². The van der Waals surface area contributed by atoms with Crippen LogP contribution in [0.15, 0.2) is 35.2 Å². The molecule has 0 saturated carbocycles. The van der Waals surface area contributed by atoms with E-state index in [1.165, 1.54) is 24.5 Å². The van der Waals surface area contributed by atoms with Gasteiger partial charge in [0.25, 0.3) is 0 Å². The van der Waals surface area contributed by atoms with Gasteiger partial charge in [-0.25, -0.2) is 14.4 Å². The highest BCUT2D eigenvalue weighted by atomic mass is 127. The maximum absolute atomic E-state index is 13.1. The van der Waals surface area contributed by atoms with E-state index in [4.69, 9.17) is 11.6 Å². The minimum Gasteiger partial charge on any atom is -0.323 e. The largest absolute Gasteiger partial charge is 0.323 e. The highest BCUT2D eigenvalue weighted by molar-refractivity contribution is 14.1. The van der Waals surface area contributed by atoms with Crippen LogP contribution in [0.3, 0.4) is 0 Å². The molecule has 0 aliphatic heterocycles. The van der Waals surface area contributed by atoms with Crippen LogP contribution in [0.2, 0.25) is 5.15 Å². The van der Waals surface area contributed by atoms with E-state index in [1.54, 1.807) is 10.8 Å². The monoisotopic (exact) mass is 493 g/mol. The summed E-state index contributed by atoms with van der Waals surface area (Å²) in [5, 5.41) is 1.07. The van der Waals surface area contributed by atoms with Crippen LogP contribution in [0, 0.1) is 9.39 Å². The van der Waals surface area contributed by atoms with E-state index in [9.17, 15) is 9.18 Å². The van der Waals surface area contributed by atoms with Crippen LogP contribution in [0.5, 0.6) is 0 Å². The molecule has 2 heterocycles. The van der Waals surface area contributed by atoms with E-state index in [-0.39, 0.29) is 12.3 Å². The van der Waals surface area contributed by atoms with E-state index < -0.39 is 5.82 Å². The summed E-state index contributed by atoms with van der Waals surface area (Å²) in [4.78, 5) is 20.6. The third-order valence-corrected chi connectivity index (χ3v) is 4.87. The van der Waals surface area contributed by atoms with Gasteiger partial charge >= 0.3 is 0 Å². The van der Waals surface area contributed by atoms with Crippen molar-refractivity contribution in [3.8, 4) is 0 Å². The van der Waals surface area contributed by atoms with Gasteiger partial charge in [-0.15, -0.1) is 0 Å². The Hall–Kier alpha value is -1.06. The number of Topliss-reactive ketones (excluding diaryl/α,β-unsaturated/α-hetero) is 1. The highest BCUT2D eigenvalue weighted by Gasteiger charge is 2.16. The maximum Gasteiger partial charge on any atom is 0.183 e. The third-order valence-electron chi connectivity index (χ3n) is 3.11. The Morgan fingerprint density at radius 2 is 2.18 bits per heavy atom. The Bertz CT molecular complexity index is 899. The maximum atomic E-state index is 13.1. The number of hydrogen-bond acceptors (Lipinski definition) is 3. The summed E-state index contributed by atoms with van der Waals surface area (Å²) in [5.74, 6) is -0.557. The highest BCUT2D eigenvalue weighted by Crippen LogP contribution is 2.27. The fourth-order valence-electron chi connectivity index (χ4n) is 2.12. The molecule has 1 aromatic carbocycles. The summed E-state index contributed by atoms with van der Waals surface area (Å²) in [6.07, 6.45) is 3.15. The summed E-state index contributed by atoms with van der Waals surface area (Å²) >= 11 is 11.4. The number of carbonyl (C=O) groups excluding carboxylic acids is 1. The van der Waals surface area contributed by atoms with Gasteiger partial charge in [0.05, 0.1) is 11.9 Å². The first-order chi connectivity index (χ1) is 10.5. The minimum absolute atomic E-state index is 0.0804. The quantitative estimate of drug-likeness (QED) is 0.307. The lowest BCUT2D eigenvalue weighted by Gasteiger charge is -2.06. The van der Waals surface area contributed by atoms with E-state index in [2.05, 4.69) is 48.5 Å². The van der Waals surface area contributed by atoms with E-state index in [1.807, 2.05) is 0 Å². The number of aromatic nitrogens is 3. The molecule has 2 aromatic heterocycles. The average molecular weight is 494 g/mol. The first-order valence-electron chi connectivity index (χ1n) is 6.10. The number of nitrogens with zero attached hydrogens (tertiary/aromatic N) is 3. The number of carbonyl (C=O) groups is 1. The molecule has 4 nitrogen and oxygen atoms in total. The molecule has 0 bridgehead atoms. The smallest absolute Gasteiger partial charge is 0.183 e. The van der Waals surface area contributed by atoms with Crippen molar-refractivity contribution in [3.05, 3.63) is 55.3 Å². The molecule has 0 aliphatic carbocycles. The van der Waals surface area contributed by atoms with Crippen LogP contribution >= 0.6 is 50.1 Å². The van der Waals surface area contributed by atoms with Gasteiger partial charge in [-0.2, -0.15) is 0 Å². The number of ketones is 1. The van der Waals surface area contributed by atoms with Crippen molar-refractivity contribution in [3.63, 3.8) is 0 Å². The lowest BCUT2D eigenvalue weighted by molar-refractivity contribution is 0.0972. The number of halogens is 4. The summed E-state index contributed by atoms with van der Waals surface area (Å²) in [6, 6.07) is 3.98. The summed E-state index contributed by atoms with van der Waals surface area (Å²) in [6.45, 7) is 0.0804. The molecular formula is C14H7BrClFIN3O. The molecule has 0 fully saturated rings. The van der Waals surface area contributed by atoms with E-state index in [0.29, 0.717) is 20.8 Å². The van der Waals surface area contributed by atoms with Crippen molar-refractivity contribution in [2.24, 2.45) is 0 Å². The molecule has 112 valence electrons. The van der Waals surface area contributed by atoms with Crippen molar-refractivity contribution in [2.45, 2.75) is 6.54 Å². The minimum atomic E-state index is -0.399. The normalized spacial score (nSPS) is 11.1. The number of hydrogen-bond donors (Lipinski definition) is 0. The number of fused-ring (bicyclic) bond motifs is 1. The first kappa shape index (κ1) is 15.8. The average Bonchev–Trinajstić information content (AvgIpc) is 2.76. The number of benzene rings is 1. The second-order valence-electron chi connectivity index (χ2n) is 4.52. The van der Waals surface area contributed by atoms with Gasteiger partial charge in [0.2, 0.25) is 0 Å². The predicted octanol–water partition coefficient (Wildman–Crippen LogP) is 4.47. The Balaban J connectivity index is 2.00.